The van der Waals surface area contributed by atoms with Crippen LogP contribution < -0.4 is 16.1 Å². The maximum Gasteiger partial charge on any atom is 0.333 e. The number of rotatable bonds is 7. The molecule has 0 aliphatic heterocycles. The summed E-state index contributed by atoms with van der Waals surface area (Å²) < 4.78 is 7.36. The quantitative estimate of drug-likeness (QED) is 0.405. The number of pyridine rings is 2. The van der Waals surface area contributed by atoms with Gasteiger partial charge in [0.25, 0.3) is 11.5 Å². The second-order valence-corrected chi connectivity index (χ2v) is 7.32. The summed E-state index contributed by atoms with van der Waals surface area (Å²) in [6.45, 7) is 0.462. The van der Waals surface area contributed by atoms with Gasteiger partial charge in [-0.1, -0.05) is 5.92 Å². The van der Waals surface area contributed by atoms with Crippen molar-refractivity contribution in [2.24, 2.45) is 7.05 Å². The molecule has 172 valence electrons. The predicted octanol–water partition coefficient (Wildman–Crippen LogP) is 0.807. The van der Waals surface area contributed by atoms with E-state index in [1.807, 2.05) is 0 Å². The number of hydrogen-bond donors (Lipinski definition) is 1. The summed E-state index contributed by atoms with van der Waals surface area (Å²) in [6, 6.07) is 6.75. The molecule has 0 saturated heterocycles. The largest absolute Gasteiger partial charge is 0.383 e. The van der Waals surface area contributed by atoms with Gasteiger partial charge in [0.15, 0.2) is 5.65 Å². The first-order valence-electron chi connectivity index (χ1n) is 10.3. The second kappa shape index (κ2) is 9.51. The standard InChI is InChI=1S/C23H21N7O4/c1-4-10-30-22(32)18-20(28(2)23(30)33)27-19(26-18)15-7-8-17(25-14-15)29(11-12-34-3)21(31)16-6-5-9-24-13-16/h1,5-9,13-14H,10-12H2,2-3H3,(H,26,27). The van der Waals surface area contributed by atoms with Crippen molar-refractivity contribution in [2.45, 2.75) is 6.54 Å². The van der Waals surface area contributed by atoms with E-state index in [0.29, 0.717) is 29.4 Å². The number of imidazole rings is 1. The molecule has 0 aliphatic rings. The van der Waals surface area contributed by atoms with E-state index in [-0.39, 0.29) is 30.2 Å². The van der Waals surface area contributed by atoms with Crippen LogP contribution in [0, 0.1) is 12.3 Å². The van der Waals surface area contributed by atoms with E-state index in [1.54, 1.807) is 37.6 Å². The van der Waals surface area contributed by atoms with Crippen molar-refractivity contribution >= 4 is 22.9 Å². The molecule has 11 heteroatoms. The fourth-order valence-corrected chi connectivity index (χ4v) is 3.45. The zero-order valence-electron chi connectivity index (χ0n) is 18.6. The highest BCUT2D eigenvalue weighted by atomic mass is 16.5. The Hall–Kier alpha value is -4.56. The Labute approximate surface area is 193 Å². The molecular weight excluding hydrogens is 438 g/mol. The number of aromatic nitrogens is 6. The number of aromatic amines is 1. The van der Waals surface area contributed by atoms with Crippen LogP contribution in [0.2, 0.25) is 0 Å². The molecule has 0 radical (unpaired) electrons. The summed E-state index contributed by atoms with van der Waals surface area (Å²) in [5.74, 6) is 2.80. The molecule has 0 aliphatic carbocycles. The van der Waals surface area contributed by atoms with Crippen molar-refractivity contribution in [3.8, 4) is 23.7 Å². The maximum absolute atomic E-state index is 13.0. The molecular formula is C23H21N7O4. The van der Waals surface area contributed by atoms with Crippen molar-refractivity contribution < 1.29 is 9.53 Å². The highest BCUT2D eigenvalue weighted by Gasteiger charge is 2.20. The SMILES string of the molecule is C#CCn1c(=O)c2[nH]c(-c3ccc(N(CCOC)C(=O)c4cccnc4)nc3)nc2n(C)c1=O. The van der Waals surface area contributed by atoms with Crippen molar-refractivity contribution in [1.82, 2.24) is 29.1 Å². The predicted molar refractivity (Wildman–Crippen MR) is 125 cm³/mol. The Morgan fingerprint density at radius 2 is 2.09 bits per heavy atom. The van der Waals surface area contributed by atoms with Gasteiger partial charge in [0.1, 0.15) is 17.2 Å². The Balaban J connectivity index is 1.71. The molecule has 0 unspecified atom stereocenters. The highest BCUT2D eigenvalue weighted by molar-refractivity contribution is 6.05. The van der Waals surface area contributed by atoms with E-state index >= 15 is 0 Å². The number of nitrogens with one attached hydrogen (secondary N) is 1. The molecule has 0 atom stereocenters. The lowest BCUT2D eigenvalue weighted by Crippen LogP contribution is -2.38. The van der Waals surface area contributed by atoms with Crippen molar-refractivity contribution in [3.63, 3.8) is 0 Å². The lowest BCUT2D eigenvalue weighted by atomic mass is 10.2. The van der Waals surface area contributed by atoms with E-state index in [0.717, 1.165) is 4.57 Å². The number of H-pyrrole nitrogens is 1. The van der Waals surface area contributed by atoms with Gasteiger partial charge in [0.05, 0.1) is 25.3 Å². The van der Waals surface area contributed by atoms with E-state index in [4.69, 9.17) is 11.2 Å². The van der Waals surface area contributed by atoms with E-state index in [1.165, 1.54) is 28.9 Å². The van der Waals surface area contributed by atoms with Crippen molar-refractivity contribution in [1.29, 1.82) is 0 Å². The molecule has 1 amide bonds. The molecule has 4 aromatic heterocycles. The van der Waals surface area contributed by atoms with E-state index < -0.39 is 11.2 Å². The number of amides is 1. The number of carbonyl (C=O) groups excluding carboxylic acids is 1. The minimum absolute atomic E-state index is 0.145. The Morgan fingerprint density at radius 1 is 1.26 bits per heavy atom. The lowest BCUT2D eigenvalue weighted by molar-refractivity contribution is 0.0974. The lowest BCUT2D eigenvalue weighted by Gasteiger charge is -2.21. The molecule has 34 heavy (non-hydrogen) atoms. The van der Waals surface area contributed by atoms with E-state index in [2.05, 4.69) is 25.9 Å². The summed E-state index contributed by atoms with van der Waals surface area (Å²) in [5.41, 5.74) is 0.249. The monoisotopic (exact) mass is 459 g/mol. The van der Waals surface area contributed by atoms with Crippen LogP contribution >= 0.6 is 0 Å². The Morgan fingerprint density at radius 3 is 2.74 bits per heavy atom. The van der Waals surface area contributed by atoms with Crippen LogP contribution in [-0.2, 0) is 18.3 Å². The number of terminal acetylenes is 1. The van der Waals surface area contributed by atoms with Crippen LogP contribution in [0.1, 0.15) is 10.4 Å². The minimum atomic E-state index is -0.551. The average molecular weight is 459 g/mol. The molecule has 0 aromatic carbocycles. The van der Waals surface area contributed by atoms with Gasteiger partial charge < -0.3 is 9.72 Å². The van der Waals surface area contributed by atoms with Gasteiger partial charge in [-0.25, -0.2) is 19.3 Å². The van der Waals surface area contributed by atoms with Crippen LogP contribution in [0.4, 0.5) is 5.82 Å². The van der Waals surface area contributed by atoms with Gasteiger partial charge in [0, 0.05) is 38.3 Å². The van der Waals surface area contributed by atoms with Crippen LogP contribution in [0.25, 0.3) is 22.6 Å². The van der Waals surface area contributed by atoms with Crippen LogP contribution in [0.5, 0.6) is 0 Å². The number of ether oxygens (including phenoxy) is 1. The normalized spacial score (nSPS) is 10.9. The summed E-state index contributed by atoms with van der Waals surface area (Å²) in [6.07, 6.45) is 9.89. The molecule has 0 saturated carbocycles. The van der Waals surface area contributed by atoms with Crippen molar-refractivity contribution in [3.05, 3.63) is 69.3 Å². The number of carbonyl (C=O) groups is 1. The molecule has 0 bridgehead atoms. The molecule has 0 fully saturated rings. The summed E-state index contributed by atoms with van der Waals surface area (Å²) in [5, 5.41) is 0. The van der Waals surface area contributed by atoms with Gasteiger partial charge >= 0.3 is 5.69 Å². The first kappa shape index (κ1) is 22.6. The summed E-state index contributed by atoms with van der Waals surface area (Å²) in [4.78, 5) is 55.4. The third-order valence-electron chi connectivity index (χ3n) is 5.20. The molecule has 0 spiro atoms. The minimum Gasteiger partial charge on any atom is -0.383 e. The first-order valence-corrected chi connectivity index (χ1v) is 10.3. The molecule has 4 rings (SSSR count). The first-order chi connectivity index (χ1) is 16.5. The highest BCUT2D eigenvalue weighted by Crippen LogP contribution is 2.21. The number of anilines is 1. The fourth-order valence-electron chi connectivity index (χ4n) is 3.45. The topological polar surface area (TPSA) is 128 Å². The number of methoxy groups -OCH3 is 1. The van der Waals surface area contributed by atoms with Gasteiger partial charge in [-0.3, -0.25) is 24.0 Å². The summed E-state index contributed by atoms with van der Waals surface area (Å²) >= 11 is 0. The second-order valence-electron chi connectivity index (χ2n) is 7.32. The number of hydrogen-bond acceptors (Lipinski definition) is 7. The zero-order chi connectivity index (χ0) is 24.2. The molecule has 4 heterocycles. The van der Waals surface area contributed by atoms with Gasteiger partial charge in [-0.2, -0.15) is 0 Å². The smallest absolute Gasteiger partial charge is 0.333 e. The third-order valence-corrected chi connectivity index (χ3v) is 5.20. The zero-order valence-corrected chi connectivity index (χ0v) is 18.6. The van der Waals surface area contributed by atoms with Crippen molar-refractivity contribution in [2.75, 3.05) is 25.2 Å². The van der Waals surface area contributed by atoms with Gasteiger partial charge in [0.2, 0.25) is 0 Å². The molecule has 1 N–H and O–H groups in total. The van der Waals surface area contributed by atoms with Crippen LogP contribution in [0.3, 0.4) is 0 Å². The Bertz CT molecular complexity index is 1500. The number of nitrogens with zero attached hydrogens (tertiary/aromatic N) is 6. The molecule has 11 nitrogen and oxygen atoms in total. The number of fused-ring (bicyclic) bond motifs is 1. The Kier molecular flexibility index (Phi) is 6.33. The number of aryl methyl sites for hydroxylation is 1. The van der Waals surface area contributed by atoms with Crippen LogP contribution in [0.15, 0.2) is 52.4 Å². The van der Waals surface area contributed by atoms with Gasteiger partial charge in [-0.05, 0) is 24.3 Å². The summed E-state index contributed by atoms with van der Waals surface area (Å²) in [7, 11) is 3.07. The third kappa shape index (κ3) is 4.10. The van der Waals surface area contributed by atoms with Crippen LogP contribution in [-0.4, -0.2) is 55.2 Å². The fraction of sp³-hybridized carbons (Fsp3) is 0.217. The molecule has 4 aromatic rings. The maximum atomic E-state index is 13.0. The average Bonchev–Trinajstić information content (AvgIpc) is 3.32. The van der Waals surface area contributed by atoms with Gasteiger partial charge in [-0.15, -0.1) is 6.42 Å². The van der Waals surface area contributed by atoms with E-state index in [9.17, 15) is 14.4 Å².